The minimum absolute atomic E-state index is 0.0859. The highest BCUT2D eigenvalue weighted by Crippen LogP contribution is 2.21. The van der Waals surface area contributed by atoms with Crippen molar-refractivity contribution in [2.45, 2.75) is 6.92 Å². The smallest absolute Gasteiger partial charge is 0.180 e. The molecule has 13 heavy (non-hydrogen) atoms. The standard InChI is InChI=1S/C10H13NO2/c1-7-4-3-5-8(10(7)13)9(12)6-11-2/h3-5,11,13H,6H2,1-2H3. The zero-order valence-electron chi connectivity index (χ0n) is 7.79. The molecule has 0 bridgehead atoms. The molecule has 0 saturated heterocycles. The topological polar surface area (TPSA) is 49.3 Å². The molecule has 1 aromatic rings. The van der Waals surface area contributed by atoms with Gasteiger partial charge in [-0.1, -0.05) is 12.1 Å². The number of carbonyl (C=O) groups is 1. The Kier molecular flexibility index (Phi) is 3.03. The van der Waals surface area contributed by atoms with Crippen molar-refractivity contribution in [3.8, 4) is 5.75 Å². The molecule has 1 aromatic carbocycles. The number of aryl methyl sites for hydroxylation is 1. The zero-order chi connectivity index (χ0) is 9.84. The quantitative estimate of drug-likeness (QED) is 0.683. The second-order valence-corrected chi connectivity index (χ2v) is 2.92. The predicted molar refractivity (Wildman–Crippen MR) is 51.1 cm³/mol. The van der Waals surface area contributed by atoms with Crippen molar-refractivity contribution in [2.75, 3.05) is 13.6 Å². The van der Waals surface area contributed by atoms with E-state index in [1.54, 1.807) is 32.2 Å². The summed E-state index contributed by atoms with van der Waals surface area (Å²) in [4.78, 5) is 11.4. The highest BCUT2D eigenvalue weighted by Gasteiger charge is 2.10. The maximum Gasteiger partial charge on any atom is 0.180 e. The molecule has 0 aliphatic carbocycles. The predicted octanol–water partition coefficient (Wildman–Crippen LogP) is 1.10. The van der Waals surface area contributed by atoms with Gasteiger partial charge in [-0.05, 0) is 25.6 Å². The van der Waals surface area contributed by atoms with Crippen molar-refractivity contribution in [1.29, 1.82) is 0 Å². The Morgan fingerprint density at radius 1 is 1.54 bits per heavy atom. The highest BCUT2D eigenvalue weighted by atomic mass is 16.3. The number of nitrogens with one attached hydrogen (secondary N) is 1. The number of phenols is 1. The first-order chi connectivity index (χ1) is 6.16. The van der Waals surface area contributed by atoms with Crippen LogP contribution in [0.3, 0.4) is 0 Å². The van der Waals surface area contributed by atoms with Crippen LogP contribution in [-0.2, 0) is 0 Å². The molecule has 0 radical (unpaired) electrons. The molecule has 0 aromatic heterocycles. The molecule has 0 atom stereocenters. The van der Waals surface area contributed by atoms with Crippen LogP contribution in [0.1, 0.15) is 15.9 Å². The third-order valence-electron chi connectivity index (χ3n) is 1.88. The van der Waals surface area contributed by atoms with Crippen LogP contribution < -0.4 is 5.32 Å². The van der Waals surface area contributed by atoms with E-state index in [9.17, 15) is 9.90 Å². The minimum Gasteiger partial charge on any atom is -0.507 e. The molecule has 0 heterocycles. The number of phenolic OH excluding ortho intramolecular Hbond substituents is 1. The van der Waals surface area contributed by atoms with E-state index in [1.165, 1.54) is 0 Å². The van der Waals surface area contributed by atoms with Crippen LogP contribution in [0, 0.1) is 6.92 Å². The summed E-state index contributed by atoms with van der Waals surface area (Å²) in [7, 11) is 1.70. The average Bonchev–Trinajstić information content (AvgIpc) is 2.10. The van der Waals surface area contributed by atoms with E-state index in [4.69, 9.17) is 0 Å². The number of Topliss-reactive ketones (excluding diaryl/α,β-unsaturated/α-hetero) is 1. The van der Waals surface area contributed by atoms with Gasteiger partial charge in [-0.25, -0.2) is 0 Å². The molecule has 2 N–H and O–H groups in total. The van der Waals surface area contributed by atoms with Gasteiger partial charge in [0.2, 0.25) is 0 Å². The summed E-state index contributed by atoms with van der Waals surface area (Å²) in [5.41, 5.74) is 1.11. The third kappa shape index (κ3) is 2.06. The van der Waals surface area contributed by atoms with Crippen molar-refractivity contribution < 1.29 is 9.90 Å². The van der Waals surface area contributed by atoms with Crippen molar-refractivity contribution in [3.05, 3.63) is 29.3 Å². The zero-order valence-corrected chi connectivity index (χ0v) is 7.79. The second-order valence-electron chi connectivity index (χ2n) is 2.92. The maximum atomic E-state index is 11.4. The Hall–Kier alpha value is -1.35. The molecule has 0 unspecified atom stereocenters. The molecular formula is C10H13NO2. The van der Waals surface area contributed by atoms with Crippen LogP contribution in [0.15, 0.2) is 18.2 Å². The summed E-state index contributed by atoms with van der Waals surface area (Å²) in [6.45, 7) is 2.02. The van der Waals surface area contributed by atoms with Gasteiger partial charge >= 0.3 is 0 Å². The van der Waals surface area contributed by atoms with Gasteiger partial charge in [-0.3, -0.25) is 4.79 Å². The SMILES string of the molecule is CNCC(=O)c1cccc(C)c1O. The Morgan fingerprint density at radius 2 is 2.23 bits per heavy atom. The van der Waals surface area contributed by atoms with Gasteiger partial charge in [0.05, 0.1) is 12.1 Å². The van der Waals surface area contributed by atoms with Crippen molar-refractivity contribution in [1.82, 2.24) is 5.32 Å². The second kappa shape index (κ2) is 4.05. The summed E-state index contributed by atoms with van der Waals surface area (Å²) in [5.74, 6) is -0.00792. The van der Waals surface area contributed by atoms with Crippen molar-refractivity contribution >= 4 is 5.78 Å². The summed E-state index contributed by atoms with van der Waals surface area (Å²) in [5, 5.41) is 12.3. The lowest BCUT2D eigenvalue weighted by Crippen LogP contribution is -2.18. The van der Waals surface area contributed by atoms with Gasteiger partial charge in [-0.2, -0.15) is 0 Å². The van der Waals surface area contributed by atoms with E-state index in [1.807, 2.05) is 0 Å². The highest BCUT2D eigenvalue weighted by molar-refractivity contribution is 6.00. The van der Waals surface area contributed by atoms with Crippen molar-refractivity contribution in [3.63, 3.8) is 0 Å². The normalized spacial score (nSPS) is 10.0. The fraction of sp³-hybridized carbons (Fsp3) is 0.300. The van der Waals surface area contributed by atoms with Gasteiger partial charge < -0.3 is 10.4 Å². The van der Waals surface area contributed by atoms with Gasteiger partial charge in [0.1, 0.15) is 5.75 Å². The van der Waals surface area contributed by atoms with E-state index >= 15 is 0 Å². The number of aromatic hydroxyl groups is 1. The molecule has 0 aliphatic heterocycles. The van der Waals surface area contributed by atoms with E-state index in [0.29, 0.717) is 5.56 Å². The number of hydrogen-bond acceptors (Lipinski definition) is 3. The Morgan fingerprint density at radius 3 is 2.85 bits per heavy atom. The Labute approximate surface area is 77.4 Å². The summed E-state index contributed by atoms with van der Waals surface area (Å²) in [6.07, 6.45) is 0. The number of hydrogen-bond donors (Lipinski definition) is 2. The lowest BCUT2D eigenvalue weighted by atomic mass is 10.1. The molecule has 1 rings (SSSR count). The van der Waals surface area contributed by atoms with Crippen LogP contribution >= 0.6 is 0 Å². The number of benzene rings is 1. The first-order valence-electron chi connectivity index (χ1n) is 4.13. The maximum absolute atomic E-state index is 11.4. The summed E-state index contributed by atoms with van der Waals surface area (Å²) in [6, 6.07) is 5.16. The molecule has 3 nitrogen and oxygen atoms in total. The van der Waals surface area contributed by atoms with E-state index in [0.717, 1.165) is 5.56 Å². The van der Waals surface area contributed by atoms with Crippen LogP contribution in [0.25, 0.3) is 0 Å². The van der Waals surface area contributed by atoms with Gasteiger partial charge in [0.25, 0.3) is 0 Å². The summed E-state index contributed by atoms with van der Waals surface area (Å²) < 4.78 is 0. The van der Waals surface area contributed by atoms with E-state index in [2.05, 4.69) is 5.32 Å². The minimum atomic E-state index is -0.0938. The molecule has 3 heteroatoms. The van der Waals surface area contributed by atoms with Crippen LogP contribution in [0.4, 0.5) is 0 Å². The first-order valence-corrected chi connectivity index (χ1v) is 4.13. The van der Waals surface area contributed by atoms with Gasteiger partial charge in [0, 0.05) is 0 Å². The number of carbonyl (C=O) groups excluding carboxylic acids is 1. The van der Waals surface area contributed by atoms with Crippen LogP contribution in [0.2, 0.25) is 0 Å². The van der Waals surface area contributed by atoms with Crippen LogP contribution in [-0.4, -0.2) is 24.5 Å². The number of rotatable bonds is 3. The average molecular weight is 179 g/mol. The van der Waals surface area contributed by atoms with Crippen LogP contribution in [0.5, 0.6) is 5.75 Å². The van der Waals surface area contributed by atoms with Gasteiger partial charge in [-0.15, -0.1) is 0 Å². The fourth-order valence-electron chi connectivity index (χ4n) is 1.14. The number of ketones is 1. The molecule has 0 amide bonds. The number of likely N-dealkylation sites (N-methyl/N-ethyl adjacent to an activating group) is 1. The molecule has 0 fully saturated rings. The third-order valence-corrected chi connectivity index (χ3v) is 1.88. The van der Waals surface area contributed by atoms with E-state index in [-0.39, 0.29) is 18.1 Å². The van der Waals surface area contributed by atoms with Gasteiger partial charge in [0.15, 0.2) is 5.78 Å². The lowest BCUT2D eigenvalue weighted by molar-refractivity contribution is 0.0991. The molecule has 0 saturated carbocycles. The fourth-order valence-corrected chi connectivity index (χ4v) is 1.14. The largest absolute Gasteiger partial charge is 0.507 e. The number of para-hydroxylation sites is 1. The molecule has 70 valence electrons. The van der Waals surface area contributed by atoms with Crippen molar-refractivity contribution in [2.24, 2.45) is 0 Å². The molecular weight excluding hydrogens is 166 g/mol. The molecule has 0 aliphatic rings. The first kappa shape index (κ1) is 9.74. The lowest BCUT2D eigenvalue weighted by Gasteiger charge is -2.04. The molecule has 0 spiro atoms. The summed E-state index contributed by atoms with van der Waals surface area (Å²) >= 11 is 0. The monoisotopic (exact) mass is 179 g/mol. The Bertz CT molecular complexity index is 321. The van der Waals surface area contributed by atoms with E-state index < -0.39 is 0 Å². The Balaban J connectivity index is 3.01.